The van der Waals surface area contributed by atoms with Gasteiger partial charge in [0, 0.05) is 18.0 Å². The van der Waals surface area contributed by atoms with Crippen molar-refractivity contribution in [2.45, 2.75) is 58.6 Å². The van der Waals surface area contributed by atoms with Crippen molar-refractivity contribution >= 4 is 23.2 Å². The second-order valence-corrected chi connectivity index (χ2v) is 8.03. The number of nitrogens with zero attached hydrogens (tertiary/aromatic N) is 1. The predicted octanol–water partition coefficient (Wildman–Crippen LogP) is 3.91. The van der Waals surface area contributed by atoms with E-state index in [-0.39, 0.29) is 24.6 Å². The molecule has 1 unspecified atom stereocenters. The molecule has 0 aliphatic carbocycles. The highest BCUT2D eigenvalue weighted by molar-refractivity contribution is 7.09. The van der Waals surface area contributed by atoms with Crippen molar-refractivity contribution in [1.29, 1.82) is 0 Å². The molecule has 140 valence electrons. The van der Waals surface area contributed by atoms with Crippen LogP contribution in [0.15, 0.2) is 17.5 Å². The van der Waals surface area contributed by atoms with E-state index in [1.165, 1.54) is 4.88 Å². The zero-order valence-electron chi connectivity index (χ0n) is 15.4. The second kappa shape index (κ2) is 9.92. The molecule has 0 aromatic carbocycles. The molecular weight excluding hydrogens is 338 g/mol. The quantitative estimate of drug-likeness (QED) is 0.765. The number of carbonyl (C=O) groups excluding carboxylic acids is 2. The van der Waals surface area contributed by atoms with Gasteiger partial charge in [-0.1, -0.05) is 19.9 Å². The van der Waals surface area contributed by atoms with Crippen molar-refractivity contribution in [3.05, 3.63) is 22.4 Å². The summed E-state index contributed by atoms with van der Waals surface area (Å²) in [6.07, 6.45) is 2.76. The maximum atomic E-state index is 12.7. The summed E-state index contributed by atoms with van der Waals surface area (Å²) >= 11 is 1.73. The second-order valence-electron chi connectivity index (χ2n) is 7.00. The van der Waals surface area contributed by atoms with Crippen LogP contribution in [-0.2, 0) is 20.7 Å². The summed E-state index contributed by atoms with van der Waals surface area (Å²) in [6.45, 7) is 7.07. The summed E-state index contributed by atoms with van der Waals surface area (Å²) in [5, 5.41) is 2.06. The minimum absolute atomic E-state index is 0.0682. The van der Waals surface area contributed by atoms with Gasteiger partial charge in [-0.15, -0.1) is 11.3 Å². The van der Waals surface area contributed by atoms with E-state index in [9.17, 15) is 9.59 Å². The SMILES string of the molecule is CC(C)CC(CCc1cccs1)OC(=O)N1CCCOCC(=O)[C@@H]1C. The molecule has 0 spiro atoms. The topological polar surface area (TPSA) is 55.8 Å². The van der Waals surface area contributed by atoms with Crippen LogP contribution in [0.25, 0.3) is 0 Å². The molecule has 2 heterocycles. The Balaban J connectivity index is 1.97. The maximum Gasteiger partial charge on any atom is 0.410 e. The number of hydrogen-bond donors (Lipinski definition) is 0. The van der Waals surface area contributed by atoms with E-state index >= 15 is 0 Å². The van der Waals surface area contributed by atoms with Crippen molar-refractivity contribution in [3.63, 3.8) is 0 Å². The Morgan fingerprint density at radius 1 is 1.48 bits per heavy atom. The van der Waals surface area contributed by atoms with E-state index in [1.807, 2.05) is 6.07 Å². The van der Waals surface area contributed by atoms with Gasteiger partial charge in [-0.25, -0.2) is 4.79 Å². The first-order chi connectivity index (χ1) is 12.0. The molecule has 0 N–H and O–H groups in total. The molecule has 1 saturated heterocycles. The van der Waals surface area contributed by atoms with Crippen LogP contribution in [0, 0.1) is 5.92 Å². The normalized spacial score (nSPS) is 20.2. The van der Waals surface area contributed by atoms with E-state index in [0.29, 0.717) is 19.1 Å². The first-order valence-corrected chi connectivity index (χ1v) is 9.95. The van der Waals surface area contributed by atoms with Crippen LogP contribution in [-0.4, -0.2) is 48.7 Å². The van der Waals surface area contributed by atoms with Crippen LogP contribution in [0.5, 0.6) is 0 Å². The average Bonchev–Trinajstić information content (AvgIpc) is 3.06. The lowest BCUT2D eigenvalue weighted by Gasteiger charge is -2.31. The molecule has 25 heavy (non-hydrogen) atoms. The van der Waals surface area contributed by atoms with Gasteiger partial charge in [-0.2, -0.15) is 0 Å². The van der Waals surface area contributed by atoms with Crippen molar-refractivity contribution in [3.8, 4) is 0 Å². The molecule has 1 amide bonds. The molecule has 5 nitrogen and oxygen atoms in total. The van der Waals surface area contributed by atoms with E-state index < -0.39 is 6.04 Å². The minimum Gasteiger partial charge on any atom is -0.446 e. The van der Waals surface area contributed by atoms with Crippen molar-refractivity contribution < 1.29 is 19.1 Å². The number of ketones is 1. The van der Waals surface area contributed by atoms with Crippen LogP contribution in [0.4, 0.5) is 4.79 Å². The van der Waals surface area contributed by atoms with Gasteiger partial charge in [0.1, 0.15) is 12.7 Å². The van der Waals surface area contributed by atoms with Crippen LogP contribution < -0.4 is 0 Å². The smallest absolute Gasteiger partial charge is 0.410 e. The Labute approximate surface area is 154 Å². The van der Waals surface area contributed by atoms with E-state index in [4.69, 9.17) is 9.47 Å². The van der Waals surface area contributed by atoms with Gasteiger partial charge in [0.05, 0.1) is 6.04 Å². The van der Waals surface area contributed by atoms with Crippen molar-refractivity contribution in [2.24, 2.45) is 5.92 Å². The van der Waals surface area contributed by atoms with Crippen molar-refractivity contribution in [1.82, 2.24) is 4.90 Å². The molecule has 1 fully saturated rings. The minimum atomic E-state index is -0.496. The molecule has 2 rings (SSSR count). The Morgan fingerprint density at radius 2 is 2.28 bits per heavy atom. The lowest BCUT2D eigenvalue weighted by Crippen LogP contribution is -2.47. The third-order valence-corrected chi connectivity index (χ3v) is 5.33. The number of carbonyl (C=O) groups is 2. The van der Waals surface area contributed by atoms with Gasteiger partial charge in [0.15, 0.2) is 5.78 Å². The highest BCUT2D eigenvalue weighted by atomic mass is 32.1. The van der Waals surface area contributed by atoms with E-state index in [0.717, 1.165) is 25.7 Å². The van der Waals surface area contributed by atoms with E-state index in [1.54, 1.807) is 23.2 Å². The summed E-state index contributed by atoms with van der Waals surface area (Å²) in [5.74, 6) is 0.372. The fourth-order valence-corrected chi connectivity index (χ4v) is 3.69. The lowest BCUT2D eigenvalue weighted by molar-refractivity contribution is -0.129. The van der Waals surface area contributed by atoms with Crippen LogP contribution in [0.1, 0.15) is 44.9 Å². The lowest BCUT2D eigenvalue weighted by atomic mass is 10.0. The van der Waals surface area contributed by atoms with Crippen molar-refractivity contribution in [2.75, 3.05) is 19.8 Å². The molecule has 0 saturated carbocycles. The number of ether oxygens (including phenoxy) is 2. The summed E-state index contributed by atoms with van der Waals surface area (Å²) in [4.78, 5) is 27.6. The monoisotopic (exact) mass is 367 g/mol. The molecule has 0 bridgehead atoms. The van der Waals surface area contributed by atoms with Gasteiger partial charge in [0.25, 0.3) is 0 Å². The number of aryl methyl sites for hydroxylation is 1. The summed E-state index contributed by atoms with van der Waals surface area (Å²) < 4.78 is 11.1. The van der Waals surface area contributed by atoms with Gasteiger partial charge >= 0.3 is 6.09 Å². The number of thiophene rings is 1. The zero-order chi connectivity index (χ0) is 18.2. The molecule has 0 radical (unpaired) electrons. The Kier molecular flexibility index (Phi) is 7.90. The fraction of sp³-hybridized carbons (Fsp3) is 0.684. The first-order valence-electron chi connectivity index (χ1n) is 9.07. The Bertz CT molecular complexity index is 544. The third-order valence-electron chi connectivity index (χ3n) is 4.39. The number of hydrogen-bond acceptors (Lipinski definition) is 5. The Hall–Kier alpha value is -1.40. The Morgan fingerprint density at radius 3 is 2.96 bits per heavy atom. The van der Waals surface area contributed by atoms with Crippen LogP contribution in [0.3, 0.4) is 0 Å². The van der Waals surface area contributed by atoms with E-state index in [2.05, 4.69) is 25.3 Å². The summed E-state index contributed by atoms with van der Waals surface area (Å²) in [5.41, 5.74) is 0. The van der Waals surface area contributed by atoms with Gasteiger partial charge in [0.2, 0.25) is 0 Å². The predicted molar refractivity (Wildman–Crippen MR) is 99.0 cm³/mol. The van der Waals surface area contributed by atoms with Gasteiger partial charge in [-0.05, 0) is 50.0 Å². The van der Waals surface area contributed by atoms with Gasteiger partial charge in [-0.3, -0.25) is 9.69 Å². The molecule has 1 aromatic heterocycles. The molecular formula is C19H29NO4S. The number of amides is 1. The summed E-state index contributed by atoms with van der Waals surface area (Å²) in [6, 6.07) is 3.65. The zero-order valence-corrected chi connectivity index (χ0v) is 16.2. The summed E-state index contributed by atoms with van der Waals surface area (Å²) in [7, 11) is 0. The molecule has 1 aliphatic heterocycles. The standard InChI is InChI=1S/C19H29NO4S/c1-14(2)12-16(7-8-17-6-4-11-25-17)24-19(22)20-9-5-10-23-13-18(21)15(20)3/h4,6,11,14-16H,5,7-10,12-13H2,1-3H3/t15-,16?/m0/s1. The number of rotatable bonds is 6. The van der Waals surface area contributed by atoms with Crippen LogP contribution >= 0.6 is 11.3 Å². The number of Topliss-reactive ketones (excluding diaryl/α,β-unsaturated/α-hetero) is 1. The van der Waals surface area contributed by atoms with Gasteiger partial charge < -0.3 is 9.47 Å². The first kappa shape index (κ1) is 19.9. The fourth-order valence-electron chi connectivity index (χ4n) is 2.97. The highest BCUT2D eigenvalue weighted by Gasteiger charge is 2.30. The van der Waals surface area contributed by atoms with Crippen LogP contribution in [0.2, 0.25) is 0 Å². The largest absolute Gasteiger partial charge is 0.446 e. The third kappa shape index (κ3) is 6.44. The molecule has 1 aromatic rings. The average molecular weight is 368 g/mol. The highest BCUT2D eigenvalue weighted by Crippen LogP contribution is 2.19. The maximum absolute atomic E-state index is 12.7. The molecule has 2 atom stereocenters. The molecule has 1 aliphatic rings. The molecule has 6 heteroatoms.